The molecule has 1 aliphatic rings. The third-order valence-corrected chi connectivity index (χ3v) is 4.02. The molecule has 1 aromatic carbocycles. The molecule has 2 heterocycles. The van der Waals surface area contributed by atoms with Crippen LogP contribution < -0.4 is 10.5 Å². The predicted molar refractivity (Wildman–Crippen MR) is 77.9 cm³/mol. The van der Waals surface area contributed by atoms with Gasteiger partial charge >= 0.3 is 0 Å². The summed E-state index contributed by atoms with van der Waals surface area (Å²) in [6.45, 7) is 3.68. The molecule has 21 heavy (non-hydrogen) atoms. The van der Waals surface area contributed by atoms with Crippen molar-refractivity contribution in [1.29, 1.82) is 0 Å². The topological polar surface area (TPSA) is 88.1 Å². The fraction of sp³-hybridized carbons (Fsp3) is 0.500. The molecular weight excluding hydrogens is 270 g/mol. The van der Waals surface area contributed by atoms with Gasteiger partial charge < -0.3 is 15.2 Å². The van der Waals surface area contributed by atoms with E-state index >= 15 is 0 Å². The van der Waals surface area contributed by atoms with Gasteiger partial charge in [0, 0.05) is 18.1 Å². The van der Waals surface area contributed by atoms with Crippen LogP contribution >= 0.6 is 0 Å². The van der Waals surface area contributed by atoms with E-state index in [2.05, 4.69) is 22.4 Å². The molecule has 112 valence electrons. The summed E-state index contributed by atoms with van der Waals surface area (Å²) < 4.78 is 12.6. The van der Waals surface area contributed by atoms with Crippen molar-refractivity contribution >= 4 is 5.69 Å². The van der Waals surface area contributed by atoms with Crippen LogP contribution in [0.1, 0.15) is 19.4 Å². The number of hydrogen-bond acceptors (Lipinski definition) is 6. The van der Waals surface area contributed by atoms with Crippen LogP contribution in [0.3, 0.4) is 0 Å². The highest BCUT2D eigenvalue weighted by Crippen LogP contribution is 2.31. The lowest BCUT2D eigenvalue weighted by atomic mass is 10.0. The molecule has 2 N–H and O–H groups in total. The van der Waals surface area contributed by atoms with E-state index in [1.54, 1.807) is 13.2 Å². The second-order valence-corrected chi connectivity index (χ2v) is 5.27. The van der Waals surface area contributed by atoms with E-state index in [4.69, 9.17) is 15.2 Å². The van der Waals surface area contributed by atoms with E-state index in [1.807, 2.05) is 16.8 Å². The quantitative estimate of drug-likeness (QED) is 0.859. The number of methoxy groups -OCH3 is 1. The van der Waals surface area contributed by atoms with E-state index in [0.29, 0.717) is 23.2 Å². The lowest BCUT2D eigenvalue weighted by Crippen LogP contribution is -2.19. The summed E-state index contributed by atoms with van der Waals surface area (Å²) in [6, 6.07) is 5.74. The van der Waals surface area contributed by atoms with Gasteiger partial charge in [-0.2, -0.15) is 0 Å². The first-order valence-corrected chi connectivity index (χ1v) is 7.00. The van der Waals surface area contributed by atoms with E-state index in [-0.39, 0.29) is 6.04 Å². The van der Waals surface area contributed by atoms with Gasteiger partial charge in [0.05, 0.1) is 25.4 Å². The molecule has 1 aliphatic heterocycles. The van der Waals surface area contributed by atoms with E-state index in [1.165, 1.54) is 0 Å². The van der Waals surface area contributed by atoms with Crippen LogP contribution in [0.2, 0.25) is 0 Å². The third-order valence-electron chi connectivity index (χ3n) is 4.02. The van der Waals surface area contributed by atoms with Crippen molar-refractivity contribution < 1.29 is 9.47 Å². The Bertz CT molecular complexity index is 622. The Kier molecular flexibility index (Phi) is 3.74. The van der Waals surface area contributed by atoms with Gasteiger partial charge in [-0.25, -0.2) is 4.68 Å². The smallest absolute Gasteiger partial charge is 0.182 e. The van der Waals surface area contributed by atoms with Gasteiger partial charge in [0.15, 0.2) is 5.82 Å². The molecule has 1 aromatic heterocycles. The molecule has 0 saturated carbocycles. The average molecular weight is 289 g/mol. The summed E-state index contributed by atoms with van der Waals surface area (Å²) in [5, 5.41) is 12.1. The number of aromatic nitrogens is 4. The Morgan fingerprint density at radius 3 is 3.05 bits per heavy atom. The Morgan fingerprint density at radius 1 is 1.48 bits per heavy atom. The average Bonchev–Trinajstić information content (AvgIpc) is 3.18. The van der Waals surface area contributed by atoms with Crippen molar-refractivity contribution in [2.75, 3.05) is 26.1 Å². The number of rotatable bonds is 4. The minimum absolute atomic E-state index is 0.182. The second kappa shape index (κ2) is 5.69. The van der Waals surface area contributed by atoms with Crippen molar-refractivity contribution in [2.45, 2.75) is 19.4 Å². The highest BCUT2D eigenvalue weighted by Gasteiger charge is 2.27. The molecule has 0 aliphatic carbocycles. The number of anilines is 1. The number of ether oxygens (including phenoxy) is 2. The van der Waals surface area contributed by atoms with Gasteiger partial charge in [-0.05, 0) is 42.0 Å². The van der Waals surface area contributed by atoms with Crippen molar-refractivity contribution in [3.63, 3.8) is 0 Å². The summed E-state index contributed by atoms with van der Waals surface area (Å²) in [6.07, 6.45) is 1.03. The molecule has 0 radical (unpaired) electrons. The first-order valence-electron chi connectivity index (χ1n) is 7.00. The van der Waals surface area contributed by atoms with Crippen LogP contribution in [-0.4, -0.2) is 40.5 Å². The molecule has 3 rings (SSSR count). The van der Waals surface area contributed by atoms with Crippen LogP contribution in [-0.2, 0) is 4.74 Å². The second-order valence-electron chi connectivity index (χ2n) is 5.27. The number of nitrogen functional groups attached to an aromatic ring is 1. The molecule has 1 fully saturated rings. The highest BCUT2D eigenvalue weighted by atomic mass is 16.5. The van der Waals surface area contributed by atoms with E-state index in [0.717, 1.165) is 25.2 Å². The van der Waals surface area contributed by atoms with Crippen molar-refractivity contribution in [3.05, 3.63) is 18.2 Å². The number of nitrogens with zero attached hydrogens (tertiary/aromatic N) is 4. The lowest BCUT2D eigenvalue weighted by Gasteiger charge is -2.19. The van der Waals surface area contributed by atoms with Crippen LogP contribution in [0.25, 0.3) is 11.4 Å². The van der Waals surface area contributed by atoms with Crippen molar-refractivity contribution in [2.24, 2.45) is 5.92 Å². The molecular formula is C14H19N5O2. The molecule has 0 amide bonds. The van der Waals surface area contributed by atoms with Crippen LogP contribution in [0.5, 0.6) is 5.75 Å². The molecule has 7 heteroatoms. The SMILES string of the molecule is COc1cc(-c2nnnn2C(C)C2CCOC2)ccc1N. The summed E-state index contributed by atoms with van der Waals surface area (Å²) in [7, 11) is 1.59. The van der Waals surface area contributed by atoms with Gasteiger partial charge in [0.2, 0.25) is 0 Å². The van der Waals surface area contributed by atoms with Gasteiger partial charge in [-0.3, -0.25) is 0 Å². The fourth-order valence-corrected chi connectivity index (χ4v) is 2.64. The van der Waals surface area contributed by atoms with Gasteiger partial charge in [-0.15, -0.1) is 5.10 Å². The largest absolute Gasteiger partial charge is 0.495 e. The summed E-state index contributed by atoms with van der Waals surface area (Å²) in [5.74, 6) is 1.77. The first kappa shape index (κ1) is 13.8. The van der Waals surface area contributed by atoms with Crippen LogP contribution in [0.4, 0.5) is 5.69 Å². The minimum atomic E-state index is 0.182. The van der Waals surface area contributed by atoms with Crippen molar-refractivity contribution in [1.82, 2.24) is 20.2 Å². The van der Waals surface area contributed by atoms with Gasteiger partial charge in [0.1, 0.15) is 5.75 Å². The van der Waals surface area contributed by atoms with E-state index < -0.39 is 0 Å². The third kappa shape index (κ3) is 2.56. The zero-order chi connectivity index (χ0) is 14.8. The fourth-order valence-electron chi connectivity index (χ4n) is 2.64. The Morgan fingerprint density at radius 2 is 2.33 bits per heavy atom. The highest BCUT2D eigenvalue weighted by molar-refractivity contribution is 5.65. The maximum atomic E-state index is 5.85. The van der Waals surface area contributed by atoms with Crippen LogP contribution in [0, 0.1) is 5.92 Å². The number of benzene rings is 1. The van der Waals surface area contributed by atoms with E-state index in [9.17, 15) is 0 Å². The molecule has 7 nitrogen and oxygen atoms in total. The lowest BCUT2D eigenvalue weighted by molar-refractivity contribution is 0.173. The molecule has 2 atom stereocenters. The Labute approximate surface area is 123 Å². The predicted octanol–water partition coefficient (Wildman–Crippen LogP) is 1.53. The number of hydrogen-bond donors (Lipinski definition) is 1. The zero-order valence-corrected chi connectivity index (χ0v) is 12.2. The number of nitrogens with two attached hydrogens (primary N) is 1. The molecule has 1 saturated heterocycles. The molecule has 0 spiro atoms. The molecule has 2 unspecified atom stereocenters. The van der Waals surface area contributed by atoms with Gasteiger partial charge in [0.25, 0.3) is 0 Å². The standard InChI is InChI=1S/C14H19N5O2/c1-9(11-5-6-21-8-11)19-14(16-17-18-19)10-3-4-12(15)13(7-10)20-2/h3-4,7,9,11H,5-6,8,15H2,1-2H3. The monoisotopic (exact) mass is 289 g/mol. The molecule has 0 bridgehead atoms. The van der Waals surface area contributed by atoms with Crippen molar-refractivity contribution in [3.8, 4) is 17.1 Å². The Hall–Kier alpha value is -2.15. The summed E-state index contributed by atoms with van der Waals surface area (Å²) in [4.78, 5) is 0. The maximum absolute atomic E-state index is 5.85. The Balaban J connectivity index is 1.94. The van der Waals surface area contributed by atoms with Gasteiger partial charge in [-0.1, -0.05) is 0 Å². The number of tetrazole rings is 1. The normalized spacial score (nSPS) is 19.6. The summed E-state index contributed by atoms with van der Waals surface area (Å²) >= 11 is 0. The first-order chi connectivity index (χ1) is 10.2. The minimum Gasteiger partial charge on any atom is -0.495 e. The van der Waals surface area contributed by atoms with Crippen LogP contribution in [0.15, 0.2) is 18.2 Å². The maximum Gasteiger partial charge on any atom is 0.182 e. The zero-order valence-electron chi connectivity index (χ0n) is 12.2. The summed E-state index contributed by atoms with van der Waals surface area (Å²) in [5.41, 5.74) is 7.33. The molecule has 2 aromatic rings.